The molecule has 3 aromatic carbocycles. The van der Waals surface area contributed by atoms with Gasteiger partial charge in [0.2, 0.25) is 5.82 Å². The Morgan fingerprint density at radius 3 is 2.22 bits per heavy atom. The minimum atomic E-state index is -0.272. The van der Waals surface area contributed by atoms with Crippen LogP contribution in [0.2, 0.25) is 0 Å². The van der Waals surface area contributed by atoms with Gasteiger partial charge in [0.05, 0.1) is 19.9 Å². The van der Waals surface area contributed by atoms with Crippen LogP contribution in [0, 0.1) is 0 Å². The van der Waals surface area contributed by atoms with E-state index < -0.39 is 0 Å². The molecule has 32 heavy (non-hydrogen) atoms. The highest BCUT2D eigenvalue weighted by Gasteiger charge is 2.22. The van der Waals surface area contributed by atoms with Crippen molar-refractivity contribution >= 4 is 5.91 Å². The Kier molecular flexibility index (Phi) is 6.17. The van der Waals surface area contributed by atoms with Gasteiger partial charge in [-0.05, 0) is 29.8 Å². The third-order valence-electron chi connectivity index (χ3n) is 5.05. The number of ether oxygens (including phenoxy) is 2. The average Bonchev–Trinajstić information content (AvgIpc) is 3.30. The third-order valence-corrected chi connectivity index (χ3v) is 5.05. The zero-order chi connectivity index (χ0) is 22.5. The quantitative estimate of drug-likeness (QED) is 0.441. The van der Waals surface area contributed by atoms with Crippen LogP contribution in [0.25, 0.3) is 17.1 Å². The Balaban J connectivity index is 1.64. The molecule has 7 heteroatoms. The second-order valence-electron chi connectivity index (χ2n) is 7.22. The fraction of sp³-hybridized carbons (Fsp3) is 0.160. The summed E-state index contributed by atoms with van der Waals surface area (Å²) in [5, 5.41) is 4.55. The number of rotatable bonds is 7. The van der Waals surface area contributed by atoms with E-state index >= 15 is 0 Å². The van der Waals surface area contributed by atoms with Gasteiger partial charge < -0.3 is 14.4 Å². The first kappa shape index (κ1) is 21.1. The molecule has 0 aliphatic carbocycles. The lowest BCUT2D eigenvalue weighted by Crippen LogP contribution is -2.27. The molecule has 0 fully saturated rings. The first-order valence-corrected chi connectivity index (χ1v) is 10.1. The van der Waals surface area contributed by atoms with Crippen LogP contribution < -0.4 is 9.47 Å². The molecule has 0 saturated carbocycles. The van der Waals surface area contributed by atoms with Crippen molar-refractivity contribution in [3.05, 3.63) is 90.3 Å². The van der Waals surface area contributed by atoms with E-state index in [0.29, 0.717) is 23.9 Å². The van der Waals surface area contributed by atoms with Crippen molar-refractivity contribution in [2.24, 2.45) is 0 Å². The monoisotopic (exact) mass is 428 g/mol. The number of benzene rings is 3. The first-order valence-electron chi connectivity index (χ1n) is 10.1. The standard InChI is InChI=1S/C25H24N4O3/c1-28(17-18-14-15-21(31-2)22(16-18)32-3)25(30)23-26-24(19-10-6-4-7-11-19)29(27-23)20-12-8-5-9-13-20/h4-16H,17H2,1-3H3. The van der Waals surface area contributed by atoms with E-state index in [9.17, 15) is 4.79 Å². The van der Waals surface area contributed by atoms with E-state index in [0.717, 1.165) is 16.8 Å². The summed E-state index contributed by atoms with van der Waals surface area (Å²) in [5.74, 6) is 1.73. The maximum atomic E-state index is 13.2. The molecule has 4 aromatic rings. The number of carbonyl (C=O) groups is 1. The molecular formula is C25H24N4O3. The first-order chi connectivity index (χ1) is 15.6. The van der Waals surface area contributed by atoms with Crippen molar-refractivity contribution in [3.63, 3.8) is 0 Å². The summed E-state index contributed by atoms with van der Waals surface area (Å²) in [6, 6.07) is 24.9. The highest BCUT2D eigenvalue weighted by Crippen LogP contribution is 2.28. The smallest absolute Gasteiger partial charge is 0.293 e. The summed E-state index contributed by atoms with van der Waals surface area (Å²) >= 11 is 0. The normalized spacial score (nSPS) is 10.6. The molecule has 0 aliphatic heterocycles. The Morgan fingerprint density at radius 2 is 1.56 bits per heavy atom. The SMILES string of the molecule is COc1ccc(CN(C)C(=O)c2nc(-c3ccccc3)n(-c3ccccc3)n2)cc1OC. The van der Waals surface area contributed by atoms with Gasteiger partial charge in [-0.3, -0.25) is 4.79 Å². The van der Waals surface area contributed by atoms with Crippen molar-refractivity contribution < 1.29 is 14.3 Å². The van der Waals surface area contributed by atoms with E-state index in [1.54, 1.807) is 30.8 Å². The van der Waals surface area contributed by atoms with E-state index in [-0.39, 0.29) is 11.7 Å². The van der Waals surface area contributed by atoms with Crippen LogP contribution in [-0.2, 0) is 6.54 Å². The van der Waals surface area contributed by atoms with Crippen LogP contribution in [0.1, 0.15) is 16.2 Å². The molecule has 0 saturated heterocycles. The maximum absolute atomic E-state index is 13.2. The minimum Gasteiger partial charge on any atom is -0.493 e. The lowest BCUT2D eigenvalue weighted by atomic mass is 10.2. The van der Waals surface area contributed by atoms with Gasteiger partial charge in [0.1, 0.15) is 0 Å². The van der Waals surface area contributed by atoms with Crippen LogP contribution in [0.5, 0.6) is 11.5 Å². The minimum absolute atomic E-state index is 0.135. The van der Waals surface area contributed by atoms with Gasteiger partial charge >= 0.3 is 0 Å². The van der Waals surface area contributed by atoms with Gasteiger partial charge in [-0.2, -0.15) is 0 Å². The molecule has 1 amide bonds. The molecule has 0 unspecified atom stereocenters. The number of hydrogen-bond acceptors (Lipinski definition) is 5. The highest BCUT2D eigenvalue weighted by molar-refractivity contribution is 5.90. The summed E-state index contributed by atoms with van der Waals surface area (Å²) in [5.41, 5.74) is 2.62. The summed E-state index contributed by atoms with van der Waals surface area (Å²) in [7, 11) is 4.90. The zero-order valence-corrected chi connectivity index (χ0v) is 18.2. The predicted molar refractivity (Wildman–Crippen MR) is 122 cm³/mol. The molecule has 0 aliphatic rings. The summed E-state index contributed by atoms with van der Waals surface area (Å²) in [6.07, 6.45) is 0. The van der Waals surface area contributed by atoms with E-state index in [1.165, 1.54) is 0 Å². The van der Waals surface area contributed by atoms with E-state index in [4.69, 9.17) is 9.47 Å². The Hall–Kier alpha value is -4.13. The molecule has 4 rings (SSSR count). The van der Waals surface area contributed by atoms with Crippen LogP contribution in [0.3, 0.4) is 0 Å². The molecule has 0 spiro atoms. The summed E-state index contributed by atoms with van der Waals surface area (Å²) in [6.45, 7) is 0.375. The van der Waals surface area contributed by atoms with Gasteiger partial charge in [-0.15, -0.1) is 5.10 Å². The van der Waals surface area contributed by atoms with Gasteiger partial charge in [0.25, 0.3) is 5.91 Å². The fourth-order valence-corrected chi connectivity index (χ4v) is 3.42. The Labute approximate surface area is 186 Å². The van der Waals surface area contributed by atoms with Crippen molar-refractivity contribution in [2.75, 3.05) is 21.3 Å². The van der Waals surface area contributed by atoms with Gasteiger partial charge in [0.15, 0.2) is 17.3 Å². The number of carbonyl (C=O) groups excluding carboxylic acids is 1. The van der Waals surface area contributed by atoms with Crippen LogP contribution >= 0.6 is 0 Å². The molecule has 7 nitrogen and oxygen atoms in total. The van der Waals surface area contributed by atoms with Crippen LogP contribution in [-0.4, -0.2) is 46.8 Å². The Morgan fingerprint density at radius 1 is 0.906 bits per heavy atom. The lowest BCUT2D eigenvalue weighted by Gasteiger charge is -2.16. The molecule has 0 atom stereocenters. The number of nitrogens with zero attached hydrogens (tertiary/aromatic N) is 4. The zero-order valence-electron chi connectivity index (χ0n) is 18.2. The molecular weight excluding hydrogens is 404 g/mol. The lowest BCUT2D eigenvalue weighted by molar-refractivity contribution is 0.0773. The second-order valence-corrected chi connectivity index (χ2v) is 7.22. The summed E-state index contributed by atoms with van der Waals surface area (Å²) in [4.78, 5) is 19.4. The van der Waals surface area contributed by atoms with Crippen molar-refractivity contribution in [1.82, 2.24) is 19.7 Å². The van der Waals surface area contributed by atoms with Gasteiger partial charge in [-0.1, -0.05) is 54.6 Å². The van der Waals surface area contributed by atoms with Crippen molar-refractivity contribution in [1.29, 1.82) is 0 Å². The van der Waals surface area contributed by atoms with Gasteiger partial charge in [0, 0.05) is 19.2 Å². The van der Waals surface area contributed by atoms with Crippen LogP contribution in [0.4, 0.5) is 0 Å². The summed E-state index contributed by atoms with van der Waals surface area (Å²) < 4.78 is 12.4. The molecule has 0 radical (unpaired) electrons. The molecule has 0 bridgehead atoms. The number of methoxy groups -OCH3 is 2. The third kappa shape index (κ3) is 4.32. The van der Waals surface area contributed by atoms with Gasteiger partial charge in [-0.25, -0.2) is 9.67 Å². The molecule has 1 aromatic heterocycles. The Bertz CT molecular complexity index is 1150. The average molecular weight is 428 g/mol. The number of hydrogen-bond donors (Lipinski definition) is 0. The highest BCUT2D eigenvalue weighted by atomic mass is 16.5. The van der Waals surface area contributed by atoms with E-state index in [1.807, 2.05) is 78.9 Å². The van der Waals surface area contributed by atoms with Crippen molar-refractivity contribution in [3.8, 4) is 28.6 Å². The van der Waals surface area contributed by atoms with Crippen LogP contribution in [0.15, 0.2) is 78.9 Å². The van der Waals surface area contributed by atoms with E-state index in [2.05, 4.69) is 10.1 Å². The molecule has 162 valence electrons. The largest absolute Gasteiger partial charge is 0.493 e. The topological polar surface area (TPSA) is 69.5 Å². The maximum Gasteiger partial charge on any atom is 0.293 e. The predicted octanol–water partition coefficient (Wildman–Crippen LogP) is 4.22. The number of para-hydroxylation sites is 1. The fourth-order valence-electron chi connectivity index (χ4n) is 3.42. The number of amides is 1. The number of aromatic nitrogens is 3. The molecule has 1 heterocycles. The molecule has 0 N–H and O–H groups in total. The van der Waals surface area contributed by atoms with Crippen molar-refractivity contribution in [2.45, 2.75) is 6.54 Å². The second kappa shape index (κ2) is 9.34.